The average molecular weight is 479 g/mol. The molecule has 182 valence electrons. The lowest BCUT2D eigenvalue weighted by molar-refractivity contribution is -0.122. The number of carbonyl (C=O) groups is 1. The summed E-state index contributed by atoms with van der Waals surface area (Å²) in [7, 11) is 1.65. The zero-order valence-electron chi connectivity index (χ0n) is 20.5. The van der Waals surface area contributed by atoms with Crippen molar-refractivity contribution in [3.05, 3.63) is 103 Å². The first kappa shape index (κ1) is 23.5. The van der Waals surface area contributed by atoms with Gasteiger partial charge in [0.15, 0.2) is 5.82 Å². The number of hydrogen-bond donors (Lipinski definition) is 0. The molecule has 0 spiro atoms. The SMILES string of the molecule is COc1ccccc1-c1ccc(N2CCCC(C(=O)N(Cc3ccccc3)c3ccccc3)C2)nn1. The Hall–Kier alpha value is -4.19. The third-order valence-electron chi connectivity index (χ3n) is 6.65. The first-order valence-electron chi connectivity index (χ1n) is 12.4. The minimum Gasteiger partial charge on any atom is -0.496 e. The van der Waals surface area contributed by atoms with Crippen molar-refractivity contribution in [2.45, 2.75) is 19.4 Å². The van der Waals surface area contributed by atoms with Crippen molar-refractivity contribution >= 4 is 17.4 Å². The number of nitrogens with zero attached hydrogens (tertiary/aromatic N) is 4. The van der Waals surface area contributed by atoms with Crippen molar-refractivity contribution in [2.75, 3.05) is 30.0 Å². The molecule has 6 nitrogen and oxygen atoms in total. The second-order valence-corrected chi connectivity index (χ2v) is 9.01. The fourth-order valence-electron chi connectivity index (χ4n) is 4.77. The smallest absolute Gasteiger partial charge is 0.232 e. The standard InChI is InChI=1S/C30H30N4O2/c1-36-28-17-9-8-16-26(28)27-18-19-29(32-31-27)33-20-10-13-24(22-33)30(35)34(25-14-6-3-7-15-25)21-23-11-4-2-5-12-23/h2-9,11-12,14-19,24H,10,13,20-22H2,1H3. The number of para-hydroxylation sites is 2. The molecule has 6 heteroatoms. The van der Waals surface area contributed by atoms with Gasteiger partial charge in [-0.1, -0.05) is 60.7 Å². The van der Waals surface area contributed by atoms with Gasteiger partial charge in [-0.05, 0) is 54.8 Å². The van der Waals surface area contributed by atoms with E-state index >= 15 is 0 Å². The van der Waals surface area contributed by atoms with E-state index < -0.39 is 0 Å². The molecule has 0 saturated carbocycles. The van der Waals surface area contributed by atoms with Gasteiger partial charge in [-0.25, -0.2) is 0 Å². The highest BCUT2D eigenvalue weighted by Crippen LogP contribution is 2.30. The number of piperidine rings is 1. The van der Waals surface area contributed by atoms with Gasteiger partial charge < -0.3 is 14.5 Å². The molecule has 0 N–H and O–H groups in total. The third kappa shape index (κ3) is 5.23. The fraction of sp³-hybridized carbons (Fsp3) is 0.233. The molecule has 3 aromatic carbocycles. The van der Waals surface area contributed by atoms with Crippen LogP contribution < -0.4 is 14.5 Å². The Morgan fingerprint density at radius 2 is 1.64 bits per heavy atom. The van der Waals surface area contributed by atoms with Crippen LogP contribution in [0, 0.1) is 5.92 Å². The normalized spacial score (nSPS) is 15.4. The Morgan fingerprint density at radius 1 is 0.917 bits per heavy atom. The van der Waals surface area contributed by atoms with E-state index in [2.05, 4.69) is 27.2 Å². The molecule has 1 amide bonds. The van der Waals surface area contributed by atoms with E-state index in [1.165, 1.54) is 0 Å². The molecule has 1 aliphatic rings. The van der Waals surface area contributed by atoms with Crippen LogP contribution in [-0.2, 0) is 11.3 Å². The van der Waals surface area contributed by atoms with Gasteiger partial charge in [0.05, 0.1) is 25.3 Å². The number of ether oxygens (including phenoxy) is 1. The van der Waals surface area contributed by atoms with Gasteiger partial charge in [-0.15, -0.1) is 10.2 Å². The van der Waals surface area contributed by atoms with Gasteiger partial charge in [0.1, 0.15) is 5.75 Å². The largest absolute Gasteiger partial charge is 0.496 e. The van der Waals surface area contributed by atoms with Crippen LogP contribution in [0.3, 0.4) is 0 Å². The average Bonchev–Trinajstić information content (AvgIpc) is 2.96. The molecule has 5 rings (SSSR count). The Kier molecular flexibility index (Phi) is 7.22. The molecule has 0 aliphatic carbocycles. The van der Waals surface area contributed by atoms with Gasteiger partial charge in [0, 0.05) is 24.3 Å². The highest BCUT2D eigenvalue weighted by molar-refractivity contribution is 5.95. The first-order chi connectivity index (χ1) is 17.7. The van der Waals surface area contributed by atoms with Crippen LogP contribution >= 0.6 is 0 Å². The Balaban J connectivity index is 1.34. The van der Waals surface area contributed by atoms with Gasteiger partial charge in [-0.3, -0.25) is 4.79 Å². The number of amides is 1. The van der Waals surface area contributed by atoms with Crippen LogP contribution in [0.25, 0.3) is 11.3 Å². The summed E-state index contributed by atoms with van der Waals surface area (Å²) >= 11 is 0. The van der Waals surface area contributed by atoms with Crippen molar-refractivity contribution < 1.29 is 9.53 Å². The zero-order valence-corrected chi connectivity index (χ0v) is 20.5. The summed E-state index contributed by atoms with van der Waals surface area (Å²) in [5.41, 5.74) is 3.70. The lowest BCUT2D eigenvalue weighted by Crippen LogP contribution is -2.45. The van der Waals surface area contributed by atoms with E-state index in [0.29, 0.717) is 13.1 Å². The molecule has 1 atom stereocenters. The summed E-state index contributed by atoms with van der Waals surface area (Å²) in [4.78, 5) is 17.9. The van der Waals surface area contributed by atoms with Crippen LogP contribution in [-0.4, -0.2) is 36.3 Å². The molecule has 2 heterocycles. The number of rotatable bonds is 7. The second kappa shape index (κ2) is 11.0. The van der Waals surface area contributed by atoms with Gasteiger partial charge in [0.25, 0.3) is 0 Å². The molecular formula is C30H30N4O2. The van der Waals surface area contributed by atoms with Gasteiger partial charge in [0.2, 0.25) is 5.91 Å². The number of carbonyl (C=O) groups excluding carboxylic acids is 1. The van der Waals surface area contributed by atoms with E-state index in [1.54, 1.807) is 7.11 Å². The molecule has 1 unspecified atom stereocenters. The van der Waals surface area contributed by atoms with Crippen LogP contribution in [0.2, 0.25) is 0 Å². The summed E-state index contributed by atoms with van der Waals surface area (Å²) in [5, 5.41) is 8.99. The van der Waals surface area contributed by atoms with E-state index in [9.17, 15) is 4.79 Å². The van der Waals surface area contributed by atoms with Crippen molar-refractivity contribution in [3.63, 3.8) is 0 Å². The lowest BCUT2D eigenvalue weighted by Gasteiger charge is -2.35. The number of hydrogen-bond acceptors (Lipinski definition) is 5. The summed E-state index contributed by atoms with van der Waals surface area (Å²) in [6, 6.07) is 31.8. The molecule has 0 radical (unpaired) electrons. The topological polar surface area (TPSA) is 58.6 Å². The Bertz CT molecular complexity index is 1280. The van der Waals surface area contributed by atoms with E-state index in [1.807, 2.05) is 89.8 Å². The van der Waals surface area contributed by atoms with E-state index in [4.69, 9.17) is 4.74 Å². The predicted octanol–water partition coefficient (Wildman–Crippen LogP) is 5.60. The maximum atomic E-state index is 13.8. The van der Waals surface area contributed by atoms with Gasteiger partial charge >= 0.3 is 0 Å². The highest BCUT2D eigenvalue weighted by atomic mass is 16.5. The molecule has 1 aliphatic heterocycles. The van der Waals surface area contributed by atoms with Crippen molar-refractivity contribution in [1.29, 1.82) is 0 Å². The van der Waals surface area contributed by atoms with Crippen molar-refractivity contribution in [2.24, 2.45) is 5.92 Å². The van der Waals surface area contributed by atoms with Crippen LogP contribution in [0.15, 0.2) is 97.1 Å². The van der Waals surface area contributed by atoms with Crippen molar-refractivity contribution in [1.82, 2.24) is 10.2 Å². The summed E-state index contributed by atoms with van der Waals surface area (Å²) in [6.45, 7) is 2.03. The fourth-order valence-corrected chi connectivity index (χ4v) is 4.77. The van der Waals surface area contributed by atoms with E-state index in [0.717, 1.165) is 53.5 Å². The van der Waals surface area contributed by atoms with Crippen LogP contribution in [0.4, 0.5) is 11.5 Å². The molecule has 0 bridgehead atoms. The molecule has 4 aromatic rings. The predicted molar refractivity (Wildman–Crippen MR) is 143 cm³/mol. The minimum absolute atomic E-state index is 0.113. The zero-order chi connectivity index (χ0) is 24.7. The molecular weight excluding hydrogens is 448 g/mol. The molecule has 36 heavy (non-hydrogen) atoms. The summed E-state index contributed by atoms with van der Waals surface area (Å²) < 4.78 is 5.47. The molecule has 1 fully saturated rings. The summed E-state index contributed by atoms with van der Waals surface area (Å²) in [6.07, 6.45) is 1.79. The molecule has 1 saturated heterocycles. The molecule has 1 aromatic heterocycles. The Morgan fingerprint density at radius 3 is 2.36 bits per heavy atom. The van der Waals surface area contributed by atoms with Crippen LogP contribution in [0.5, 0.6) is 5.75 Å². The van der Waals surface area contributed by atoms with Crippen LogP contribution in [0.1, 0.15) is 18.4 Å². The van der Waals surface area contributed by atoms with Gasteiger partial charge in [-0.2, -0.15) is 0 Å². The highest BCUT2D eigenvalue weighted by Gasteiger charge is 2.31. The maximum Gasteiger partial charge on any atom is 0.232 e. The van der Waals surface area contributed by atoms with Crippen molar-refractivity contribution in [3.8, 4) is 17.0 Å². The number of methoxy groups -OCH3 is 1. The Labute approximate surface area is 212 Å². The number of benzene rings is 3. The first-order valence-corrected chi connectivity index (χ1v) is 12.4. The third-order valence-corrected chi connectivity index (χ3v) is 6.65. The maximum absolute atomic E-state index is 13.8. The second-order valence-electron chi connectivity index (χ2n) is 9.01. The minimum atomic E-state index is -0.113. The summed E-state index contributed by atoms with van der Waals surface area (Å²) in [5.74, 6) is 1.59. The number of anilines is 2. The monoisotopic (exact) mass is 478 g/mol. The number of aromatic nitrogens is 2. The van der Waals surface area contributed by atoms with E-state index in [-0.39, 0.29) is 11.8 Å². The lowest BCUT2D eigenvalue weighted by atomic mass is 9.95. The quantitative estimate of drug-likeness (QED) is 0.346.